The van der Waals surface area contributed by atoms with Crippen molar-refractivity contribution in [3.05, 3.63) is 36.5 Å². The summed E-state index contributed by atoms with van der Waals surface area (Å²) < 4.78 is 4.93. The predicted octanol–water partition coefficient (Wildman–Crippen LogP) is 1.20. The number of hydrogen-bond acceptors (Lipinski definition) is 4. The van der Waals surface area contributed by atoms with Gasteiger partial charge in [-0.3, -0.25) is 0 Å². The molecule has 0 fully saturated rings. The molecule has 0 aliphatic carbocycles. The molecule has 0 unspecified atom stereocenters. The summed E-state index contributed by atoms with van der Waals surface area (Å²) in [5.41, 5.74) is 7.15. The minimum absolute atomic E-state index is 0.424. The van der Waals surface area contributed by atoms with Crippen LogP contribution in [-0.4, -0.2) is 9.97 Å². The zero-order chi connectivity index (χ0) is 9.10. The first kappa shape index (κ1) is 7.94. The van der Waals surface area contributed by atoms with Crippen LogP contribution in [0, 0.1) is 0 Å². The zero-order valence-corrected chi connectivity index (χ0v) is 6.97. The average Bonchev–Trinajstić information content (AvgIpc) is 2.71. The van der Waals surface area contributed by atoms with Crippen molar-refractivity contribution in [3.8, 4) is 11.4 Å². The number of hydrogen-bond donors (Lipinski definition) is 1. The van der Waals surface area contributed by atoms with Crippen molar-refractivity contribution in [1.82, 2.24) is 9.97 Å². The standard InChI is InChI=1S/C9H9N3O/c10-5-8-1-3-11-9(12-8)7-2-4-13-6-7/h1-4,6H,5,10H2. The molecule has 2 heterocycles. The first-order valence-electron chi connectivity index (χ1n) is 3.94. The van der Waals surface area contributed by atoms with Crippen molar-refractivity contribution in [2.24, 2.45) is 5.73 Å². The van der Waals surface area contributed by atoms with Gasteiger partial charge in [0.05, 0.1) is 17.5 Å². The molecular weight excluding hydrogens is 166 g/mol. The number of furan rings is 1. The summed E-state index contributed by atoms with van der Waals surface area (Å²) in [7, 11) is 0. The zero-order valence-electron chi connectivity index (χ0n) is 6.97. The van der Waals surface area contributed by atoms with Gasteiger partial charge in [-0.1, -0.05) is 0 Å². The fraction of sp³-hybridized carbons (Fsp3) is 0.111. The third-order valence-electron chi connectivity index (χ3n) is 1.70. The van der Waals surface area contributed by atoms with Crippen molar-refractivity contribution in [2.75, 3.05) is 0 Å². The summed E-state index contributed by atoms with van der Waals surface area (Å²) in [6.45, 7) is 0.424. The minimum atomic E-state index is 0.424. The Labute approximate surface area is 75.4 Å². The van der Waals surface area contributed by atoms with Crippen molar-refractivity contribution in [2.45, 2.75) is 6.54 Å². The molecule has 2 aromatic rings. The highest BCUT2D eigenvalue weighted by Crippen LogP contribution is 2.14. The molecule has 2 aromatic heterocycles. The maximum atomic E-state index is 5.46. The molecule has 0 saturated carbocycles. The lowest BCUT2D eigenvalue weighted by molar-refractivity contribution is 0.568. The van der Waals surface area contributed by atoms with Crippen molar-refractivity contribution >= 4 is 0 Å². The molecular formula is C9H9N3O. The molecule has 66 valence electrons. The van der Waals surface area contributed by atoms with Gasteiger partial charge in [-0.2, -0.15) is 0 Å². The van der Waals surface area contributed by atoms with Gasteiger partial charge in [0.2, 0.25) is 0 Å². The van der Waals surface area contributed by atoms with Crippen LogP contribution in [0.25, 0.3) is 11.4 Å². The van der Waals surface area contributed by atoms with Crippen molar-refractivity contribution in [1.29, 1.82) is 0 Å². The Kier molecular flexibility index (Phi) is 2.06. The van der Waals surface area contributed by atoms with E-state index in [-0.39, 0.29) is 0 Å². The van der Waals surface area contributed by atoms with E-state index in [0.717, 1.165) is 11.3 Å². The molecule has 0 spiro atoms. The largest absolute Gasteiger partial charge is 0.472 e. The van der Waals surface area contributed by atoms with Gasteiger partial charge in [0.1, 0.15) is 6.26 Å². The molecule has 0 aliphatic rings. The Hall–Kier alpha value is -1.68. The van der Waals surface area contributed by atoms with Crippen molar-refractivity contribution in [3.63, 3.8) is 0 Å². The summed E-state index contributed by atoms with van der Waals surface area (Å²) in [6, 6.07) is 3.61. The van der Waals surface area contributed by atoms with Gasteiger partial charge in [0, 0.05) is 12.7 Å². The second-order valence-corrected chi connectivity index (χ2v) is 2.59. The van der Waals surface area contributed by atoms with Crippen LogP contribution >= 0.6 is 0 Å². The molecule has 13 heavy (non-hydrogen) atoms. The van der Waals surface area contributed by atoms with E-state index >= 15 is 0 Å². The van der Waals surface area contributed by atoms with E-state index in [1.807, 2.05) is 6.07 Å². The van der Waals surface area contributed by atoms with Crippen LogP contribution in [0.15, 0.2) is 35.3 Å². The van der Waals surface area contributed by atoms with Gasteiger partial charge < -0.3 is 10.2 Å². The summed E-state index contributed by atoms with van der Waals surface area (Å²) in [6.07, 6.45) is 4.89. The van der Waals surface area contributed by atoms with E-state index in [4.69, 9.17) is 10.2 Å². The monoisotopic (exact) mass is 175 g/mol. The number of nitrogens with two attached hydrogens (primary N) is 1. The van der Waals surface area contributed by atoms with Crippen LogP contribution in [0.2, 0.25) is 0 Å². The summed E-state index contributed by atoms with van der Waals surface area (Å²) in [5.74, 6) is 0.650. The van der Waals surface area contributed by atoms with E-state index in [2.05, 4.69) is 9.97 Å². The second kappa shape index (κ2) is 3.37. The normalized spacial score (nSPS) is 10.2. The molecule has 0 amide bonds. The topological polar surface area (TPSA) is 64.9 Å². The first-order chi connectivity index (χ1) is 6.40. The van der Waals surface area contributed by atoms with E-state index in [0.29, 0.717) is 12.4 Å². The van der Waals surface area contributed by atoms with E-state index in [1.54, 1.807) is 24.8 Å². The van der Waals surface area contributed by atoms with Gasteiger partial charge in [-0.05, 0) is 12.1 Å². The summed E-state index contributed by atoms with van der Waals surface area (Å²) in [5, 5.41) is 0. The quantitative estimate of drug-likeness (QED) is 0.744. The fourth-order valence-corrected chi connectivity index (χ4v) is 1.04. The maximum absolute atomic E-state index is 5.46. The summed E-state index contributed by atoms with van der Waals surface area (Å²) >= 11 is 0. The highest BCUT2D eigenvalue weighted by molar-refractivity contribution is 5.52. The molecule has 0 bridgehead atoms. The molecule has 4 heteroatoms. The highest BCUT2D eigenvalue weighted by Gasteiger charge is 2.02. The lowest BCUT2D eigenvalue weighted by Crippen LogP contribution is -2.00. The fourth-order valence-electron chi connectivity index (χ4n) is 1.04. The van der Waals surface area contributed by atoms with Gasteiger partial charge in [-0.25, -0.2) is 9.97 Å². The van der Waals surface area contributed by atoms with Crippen LogP contribution < -0.4 is 5.73 Å². The average molecular weight is 175 g/mol. The predicted molar refractivity (Wildman–Crippen MR) is 47.6 cm³/mol. The van der Waals surface area contributed by atoms with E-state index in [9.17, 15) is 0 Å². The molecule has 0 saturated heterocycles. The van der Waals surface area contributed by atoms with Crippen molar-refractivity contribution < 1.29 is 4.42 Å². The van der Waals surface area contributed by atoms with Gasteiger partial charge in [0.25, 0.3) is 0 Å². The first-order valence-corrected chi connectivity index (χ1v) is 3.94. The smallest absolute Gasteiger partial charge is 0.162 e. The number of rotatable bonds is 2. The summed E-state index contributed by atoms with van der Waals surface area (Å²) in [4.78, 5) is 8.34. The Morgan fingerprint density at radius 3 is 3.00 bits per heavy atom. The molecule has 0 aliphatic heterocycles. The molecule has 4 nitrogen and oxygen atoms in total. The second-order valence-electron chi connectivity index (χ2n) is 2.59. The van der Waals surface area contributed by atoms with Gasteiger partial charge in [0.15, 0.2) is 5.82 Å². The lowest BCUT2D eigenvalue weighted by Gasteiger charge is -1.97. The van der Waals surface area contributed by atoms with Crippen LogP contribution in [0.1, 0.15) is 5.69 Å². The number of aromatic nitrogens is 2. The third kappa shape index (κ3) is 1.57. The van der Waals surface area contributed by atoms with Crippen LogP contribution in [-0.2, 0) is 6.54 Å². The minimum Gasteiger partial charge on any atom is -0.472 e. The Morgan fingerprint density at radius 2 is 2.31 bits per heavy atom. The Bertz CT molecular complexity index is 384. The Balaban J connectivity index is 2.41. The highest BCUT2D eigenvalue weighted by atomic mass is 16.3. The maximum Gasteiger partial charge on any atom is 0.162 e. The molecule has 0 radical (unpaired) electrons. The van der Waals surface area contributed by atoms with Gasteiger partial charge >= 0.3 is 0 Å². The van der Waals surface area contributed by atoms with E-state index < -0.39 is 0 Å². The lowest BCUT2D eigenvalue weighted by atomic mass is 10.3. The molecule has 2 N–H and O–H groups in total. The van der Waals surface area contributed by atoms with Crippen LogP contribution in [0.3, 0.4) is 0 Å². The van der Waals surface area contributed by atoms with Crippen LogP contribution in [0.4, 0.5) is 0 Å². The van der Waals surface area contributed by atoms with E-state index in [1.165, 1.54) is 0 Å². The van der Waals surface area contributed by atoms with Crippen LogP contribution in [0.5, 0.6) is 0 Å². The molecule has 0 aromatic carbocycles. The third-order valence-corrected chi connectivity index (χ3v) is 1.70. The van der Waals surface area contributed by atoms with Gasteiger partial charge in [-0.15, -0.1) is 0 Å². The molecule has 0 atom stereocenters. The Morgan fingerprint density at radius 1 is 1.38 bits per heavy atom. The SMILES string of the molecule is NCc1ccnc(-c2ccoc2)n1. The number of nitrogens with zero attached hydrogens (tertiary/aromatic N) is 2. The molecule has 2 rings (SSSR count).